The Labute approximate surface area is 141 Å². The number of benzene rings is 1. The molecule has 126 valence electrons. The van der Waals surface area contributed by atoms with Crippen molar-refractivity contribution in [2.45, 2.75) is 39.7 Å². The summed E-state index contributed by atoms with van der Waals surface area (Å²) in [6.07, 6.45) is 3.04. The Hall–Kier alpha value is -2.56. The van der Waals surface area contributed by atoms with Gasteiger partial charge in [-0.1, -0.05) is 36.7 Å². The van der Waals surface area contributed by atoms with Crippen molar-refractivity contribution in [3.63, 3.8) is 0 Å². The highest BCUT2D eigenvalue weighted by Crippen LogP contribution is 2.28. The van der Waals surface area contributed by atoms with Crippen LogP contribution in [0.15, 0.2) is 39.3 Å². The van der Waals surface area contributed by atoms with E-state index in [4.69, 9.17) is 8.94 Å². The third-order valence-corrected chi connectivity index (χ3v) is 4.13. The molecule has 0 atom stereocenters. The molecule has 2 heterocycles. The van der Waals surface area contributed by atoms with Crippen LogP contribution in [-0.4, -0.2) is 23.0 Å². The monoisotopic (exact) mass is 326 g/mol. The zero-order chi connectivity index (χ0) is 17.1. The number of nitrogens with zero attached hydrogens (tertiary/aromatic N) is 2. The lowest BCUT2D eigenvalue weighted by molar-refractivity contribution is 0.0774. The Morgan fingerprint density at radius 3 is 2.79 bits per heavy atom. The molecule has 24 heavy (non-hydrogen) atoms. The molecular weight excluding hydrogens is 304 g/mol. The number of furan rings is 1. The Bertz CT molecular complexity index is 847. The summed E-state index contributed by atoms with van der Waals surface area (Å²) in [4.78, 5) is 14.2. The summed E-state index contributed by atoms with van der Waals surface area (Å²) in [5.41, 5.74) is 2.28. The van der Waals surface area contributed by atoms with Crippen molar-refractivity contribution in [3.8, 4) is 0 Å². The molecule has 2 aromatic heterocycles. The van der Waals surface area contributed by atoms with E-state index in [1.54, 1.807) is 24.9 Å². The number of carbonyl (C=O) groups is 1. The van der Waals surface area contributed by atoms with E-state index in [2.05, 4.69) is 12.1 Å². The molecule has 0 aliphatic rings. The first-order valence-electron chi connectivity index (χ1n) is 8.28. The summed E-state index contributed by atoms with van der Waals surface area (Å²) in [6, 6.07) is 9.63. The van der Waals surface area contributed by atoms with Gasteiger partial charge in [0.25, 0.3) is 5.91 Å². The molecule has 1 aromatic carbocycles. The van der Waals surface area contributed by atoms with Crippen LogP contribution >= 0.6 is 0 Å². The van der Waals surface area contributed by atoms with E-state index >= 15 is 0 Å². The van der Waals surface area contributed by atoms with Gasteiger partial charge in [-0.15, -0.1) is 0 Å². The number of rotatable bonds is 6. The highest BCUT2D eigenvalue weighted by molar-refractivity contribution is 5.92. The van der Waals surface area contributed by atoms with E-state index in [0.717, 1.165) is 41.6 Å². The normalized spacial score (nSPS) is 11.1. The van der Waals surface area contributed by atoms with E-state index < -0.39 is 0 Å². The molecule has 0 radical (unpaired) electrons. The average molecular weight is 326 g/mol. The molecule has 0 bridgehead atoms. The topological polar surface area (TPSA) is 59.5 Å². The summed E-state index contributed by atoms with van der Waals surface area (Å²) in [5.74, 6) is 1.44. The van der Waals surface area contributed by atoms with E-state index in [1.807, 2.05) is 24.3 Å². The van der Waals surface area contributed by atoms with Gasteiger partial charge in [0, 0.05) is 37.0 Å². The zero-order valence-corrected chi connectivity index (χ0v) is 14.3. The van der Waals surface area contributed by atoms with Gasteiger partial charge >= 0.3 is 0 Å². The van der Waals surface area contributed by atoms with Gasteiger partial charge in [-0.25, -0.2) is 0 Å². The Morgan fingerprint density at radius 1 is 1.29 bits per heavy atom. The van der Waals surface area contributed by atoms with Gasteiger partial charge in [0.15, 0.2) is 5.69 Å². The van der Waals surface area contributed by atoms with Crippen LogP contribution in [0.25, 0.3) is 11.0 Å². The van der Waals surface area contributed by atoms with Crippen LogP contribution in [0.5, 0.6) is 0 Å². The zero-order valence-electron chi connectivity index (χ0n) is 14.3. The maximum Gasteiger partial charge on any atom is 0.276 e. The molecule has 3 rings (SSSR count). The summed E-state index contributed by atoms with van der Waals surface area (Å²) >= 11 is 0. The summed E-state index contributed by atoms with van der Waals surface area (Å²) < 4.78 is 11.0. The van der Waals surface area contributed by atoms with E-state index in [-0.39, 0.29) is 5.91 Å². The largest absolute Gasteiger partial charge is 0.461 e. The van der Waals surface area contributed by atoms with Crippen molar-refractivity contribution in [3.05, 3.63) is 53.1 Å². The second-order valence-corrected chi connectivity index (χ2v) is 6.09. The third-order valence-electron chi connectivity index (χ3n) is 4.13. The Kier molecular flexibility index (Phi) is 4.69. The minimum absolute atomic E-state index is 0.154. The van der Waals surface area contributed by atoms with E-state index in [1.165, 1.54) is 0 Å². The van der Waals surface area contributed by atoms with Gasteiger partial charge in [0.05, 0.1) is 0 Å². The number of carbonyl (C=O) groups excluding carboxylic acids is 1. The van der Waals surface area contributed by atoms with Gasteiger partial charge in [-0.2, -0.15) is 0 Å². The standard InChI is InChI=1S/C19H22N2O3/c1-4-5-9-18-15(14-8-6-7-10-17(14)23-18)12-21(3)19(22)16-11-13(2)24-20-16/h6-8,10-11H,4-5,9,12H2,1-3H3. The fraction of sp³-hybridized carbons (Fsp3) is 0.368. The first-order chi connectivity index (χ1) is 11.6. The average Bonchev–Trinajstić information content (AvgIpc) is 3.16. The molecule has 0 aliphatic heterocycles. The van der Waals surface area contributed by atoms with E-state index in [9.17, 15) is 4.79 Å². The Morgan fingerprint density at radius 2 is 2.08 bits per heavy atom. The third kappa shape index (κ3) is 3.20. The van der Waals surface area contributed by atoms with Crippen LogP contribution in [0.3, 0.4) is 0 Å². The van der Waals surface area contributed by atoms with Gasteiger partial charge in [-0.3, -0.25) is 4.79 Å². The van der Waals surface area contributed by atoms with Gasteiger partial charge in [0.1, 0.15) is 17.1 Å². The smallest absolute Gasteiger partial charge is 0.276 e. The molecule has 5 heteroatoms. The highest BCUT2D eigenvalue weighted by atomic mass is 16.5. The fourth-order valence-corrected chi connectivity index (χ4v) is 2.83. The summed E-state index contributed by atoms with van der Waals surface area (Å²) in [7, 11) is 1.78. The van der Waals surface area contributed by atoms with Crippen LogP contribution in [0.2, 0.25) is 0 Å². The number of fused-ring (bicyclic) bond motifs is 1. The second-order valence-electron chi connectivity index (χ2n) is 6.09. The van der Waals surface area contributed by atoms with Crippen molar-refractivity contribution < 1.29 is 13.7 Å². The second kappa shape index (κ2) is 6.91. The maximum absolute atomic E-state index is 12.5. The molecule has 0 unspecified atom stereocenters. The van der Waals surface area contributed by atoms with Crippen molar-refractivity contribution in [2.24, 2.45) is 0 Å². The van der Waals surface area contributed by atoms with Gasteiger partial charge in [-0.05, 0) is 19.4 Å². The van der Waals surface area contributed by atoms with Crippen molar-refractivity contribution in [1.29, 1.82) is 0 Å². The minimum atomic E-state index is -0.154. The van der Waals surface area contributed by atoms with Crippen LogP contribution < -0.4 is 0 Å². The predicted octanol–water partition coefficient (Wildman–Crippen LogP) is 4.34. The molecule has 0 spiro atoms. The number of hydrogen-bond acceptors (Lipinski definition) is 4. The minimum Gasteiger partial charge on any atom is -0.461 e. The molecular formula is C19H22N2O3. The molecule has 0 saturated heterocycles. The first kappa shape index (κ1) is 16.3. The Balaban J connectivity index is 1.88. The molecule has 5 nitrogen and oxygen atoms in total. The first-order valence-corrected chi connectivity index (χ1v) is 8.28. The van der Waals surface area contributed by atoms with Crippen LogP contribution in [0.1, 0.15) is 47.3 Å². The molecule has 3 aromatic rings. The number of unbranched alkanes of at least 4 members (excludes halogenated alkanes) is 1. The lowest BCUT2D eigenvalue weighted by Crippen LogP contribution is -2.26. The summed E-state index contributed by atoms with van der Waals surface area (Å²) in [5, 5.41) is 4.88. The van der Waals surface area contributed by atoms with E-state index in [0.29, 0.717) is 18.0 Å². The molecule has 0 saturated carbocycles. The van der Waals surface area contributed by atoms with Gasteiger partial charge < -0.3 is 13.8 Å². The predicted molar refractivity (Wildman–Crippen MR) is 91.9 cm³/mol. The number of aromatic nitrogens is 1. The number of para-hydroxylation sites is 1. The quantitative estimate of drug-likeness (QED) is 0.676. The molecule has 0 N–H and O–H groups in total. The van der Waals surface area contributed by atoms with Crippen LogP contribution in [-0.2, 0) is 13.0 Å². The van der Waals surface area contributed by atoms with Crippen LogP contribution in [0, 0.1) is 6.92 Å². The lowest BCUT2D eigenvalue weighted by Gasteiger charge is -2.16. The fourth-order valence-electron chi connectivity index (χ4n) is 2.83. The SMILES string of the molecule is CCCCc1oc2ccccc2c1CN(C)C(=O)c1cc(C)on1. The maximum atomic E-state index is 12.5. The van der Waals surface area contributed by atoms with Crippen LogP contribution in [0.4, 0.5) is 0 Å². The number of hydrogen-bond donors (Lipinski definition) is 0. The lowest BCUT2D eigenvalue weighted by atomic mass is 10.1. The molecule has 1 amide bonds. The van der Waals surface area contributed by atoms with Crippen molar-refractivity contribution in [2.75, 3.05) is 7.05 Å². The highest BCUT2D eigenvalue weighted by Gasteiger charge is 2.20. The number of amides is 1. The number of aryl methyl sites for hydroxylation is 2. The van der Waals surface area contributed by atoms with Crippen molar-refractivity contribution >= 4 is 16.9 Å². The molecule has 0 fully saturated rings. The van der Waals surface area contributed by atoms with Gasteiger partial charge in [0.2, 0.25) is 0 Å². The van der Waals surface area contributed by atoms with Crippen molar-refractivity contribution in [1.82, 2.24) is 10.1 Å². The summed E-state index contributed by atoms with van der Waals surface area (Å²) in [6.45, 7) is 4.42. The molecule has 0 aliphatic carbocycles.